The molecule has 3 N–H and O–H groups in total. The van der Waals surface area contributed by atoms with Gasteiger partial charge in [-0.1, -0.05) is 0 Å². The first-order valence-electron chi connectivity index (χ1n) is 7.51. The molecule has 0 aromatic heterocycles. The fourth-order valence-electron chi connectivity index (χ4n) is 1.69. The lowest BCUT2D eigenvalue weighted by atomic mass is 10.2. The minimum absolute atomic E-state index is 0.0462. The molecule has 2 rings (SSSR count). The molecule has 0 heterocycles. The van der Waals surface area contributed by atoms with Crippen LogP contribution in [0.15, 0.2) is 41.5 Å². The van der Waals surface area contributed by atoms with Crippen LogP contribution in [0.3, 0.4) is 0 Å². The van der Waals surface area contributed by atoms with Gasteiger partial charge in [0, 0.05) is 31.8 Å². The summed E-state index contributed by atoms with van der Waals surface area (Å²) >= 11 is 0. The van der Waals surface area contributed by atoms with Crippen LogP contribution in [0, 0.1) is 20.2 Å². The molecule has 0 aliphatic rings. The molecule has 0 aliphatic carbocycles. The number of non-ortho nitro benzene ring substituents is 1. The monoisotopic (exact) mass is 391 g/mol. The molecule has 2 aromatic rings. The number of hydrogen-bond donors (Lipinski definition) is 3. The Morgan fingerprint density at radius 3 is 2.21 bits per heavy atom. The maximum atomic E-state index is 10.9. The van der Waals surface area contributed by atoms with E-state index in [0.717, 1.165) is 30.7 Å². The molecule has 148 valence electrons. The normalized spacial score (nSPS) is 9.93. The highest BCUT2D eigenvalue weighted by atomic mass is 16.6. The molecule has 0 spiro atoms. The number of carbonyl (C=O) groups excluding carboxylic acids is 1. The molecular weight excluding hydrogens is 374 g/mol. The van der Waals surface area contributed by atoms with Gasteiger partial charge in [-0.15, -0.1) is 0 Å². The second kappa shape index (κ2) is 10.1. The summed E-state index contributed by atoms with van der Waals surface area (Å²) in [5.41, 5.74) is 1.68. The number of aromatic hydroxyl groups is 2. The Hall–Kier alpha value is -4.22. The van der Waals surface area contributed by atoms with Gasteiger partial charge in [-0.3, -0.25) is 30.4 Å². The zero-order valence-electron chi connectivity index (χ0n) is 14.8. The van der Waals surface area contributed by atoms with E-state index < -0.39 is 21.2 Å². The summed E-state index contributed by atoms with van der Waals surface area (Å²) in [6.45, 7) is 0. The highest BCUT2D eigenvalue weighted by Crippen LogP contribution is 2.29. The van der Waals surface area contributed by atoms with Crippen LogP contribution in [0.5, 0.6) is 11.5 Å². The molecule has 0 unspecified atom stereocenters. The van der Waals surface area contributed by atoms with Crippen LogP contribution in [0.4, 0.5) is 17.1 Å². The van der Waals surface area contributed by atoms with Crippen LogP contribution in [0.25, 0.3) is 0 Å². The van der Waals surface area contributed by atoms with E-state index in [1.54, 1.807) is 14.1 Å². The van der Waals surface area contributed by atoms with E-state index in [9.17, 15) is 30.1 Å². The van der Waals surface area contributed by atoms with Crippen LogP contribution in [-0.4, -0.2) is 51.7 Å². The largest absolute Gasteiger partial charge is 0.508 e. The number of phenolic OH excluding ortho intramolecular Hbond substituents is 2. The second-order valence-electron chi connectivity index (χ2n) is 5.40. The number of rotatable bonds is 6. The van der Waals surface area contributed by atoms with Gasteiger partial charge in [0.25, 0.3) is 5.69 Å². The number of nitro benzene ring substituents is 2. The highest BCUT2D eigenvalue weighted by molar-refractivity contribution is 5.84. The second-order valence-corrected chi connectivity index (χ2v) is 5.40. The van der Waals surface area contributed by atoms with E-state index in [1.807, 2.05) is 0 Å². The van der Waals surface area contributed by atoms with Crippen molar-refractivity contribution in [1.82, 2.24) is 4.90 Å². The molecule has 12 heteroatoms. The standard InChI is InChI=1S/C13H10N4O6.C3H7NO/c18-10-3-1-8(13(19)6-10)7-14-15-11-4-2-9(16(20)21)5-12(11)17(22)23;1-4(2)3-5/h1-7,15,18-19H;3H,1-2H3/b14-7+;. The number of phenols is 2. The van der Waals surface area contributed by atoms with Crippen molar-refractivity contribution in [3.8, 4) is 11.5 Å². The smallest absolute Gasteiger partial charge is 0.301 e. The van der Waals surface area contributed by atoms with Gasteiger partial charge >= 0.3 is 5.69 Å². The fourth-order valence-corrected chi connectivity index (χ4v) is 1.69. The van der Waals surface area contributed by atoms with Crippen LogP contribution in [-0.2, 0) is 4.79 Å². The Balaban J connectivity index is 0.000000696. The predicted molar refractivity (Wildman–Crippen MR) is 100 cm³/mol. The molecule has 0 bridgehead atoms. The van der Waals surface area contributed by atoms with Crippen molar-refractivity contribution in [3.63, 3.8) is 0 Å². The summed E-state index contributed by atoms with van der Waals surface area (Å²) < 4.78 is 0. The molecular formula is C16H17N5O7. The topological polar surface area (TPSA) is 171 Å². The zero-order valence-corrected chi connectivity index (χ0v) is 14.8. The van der Waals surface area contributed by atoms with Crippen LogP contribution < -0.4 is 5.43 Å². The third-order valence-corrected chi connectivity index (χ3v) is 3.00. The number of anilines is 1. The average molecular weight is 391 g/mol. The molecule has 0 aliphatic heterocycles. The number of nitrogens with zero attached hydrogens (tertiary/aromatic N) is 4. The van der Waals surface area contributed by atoms with Crippen molar-refractivity contribution < 1.29 is 24.9 Å². The van der Waals surface area contributed by atoms with Crippen molar-refractivity contribution >= 4 is 29.7 Å². The van der Waals surface area contributed by atoms with Gasteiger partial charge in [0.15, 0.2) is 0 Å². The lowest BCUT2D eigenvalue weighted by Gasteiger charge is -2.02. The summed E-state index contributed by atoms with van der Waals surface area (Å²) in [6, 6.07) is 6.90. The Bertz CT molecular complexity index is 899. The summed E-state index contributed by atoms with van der Waals surface area (Å²) in [4.78, 5) is 30.9. The number of amides is 1. The van der Waals surface area contributed by atoms with Gasteiger partial charge in [-0.25, -0.2) is 0 Å². The van der Waals surface area contributed by atoms with E-state index in [-0.39, 0.29) is 22.7 Å². The van der Waals surface area contributed by atoms with E-state index in [2.05, 4.69) is 10.5 Å². The van der Waals surface area contributed by atoms with Gasteiger partial charge in [0.2, 0.25) is 6.41 Å². The molecule has 0 saturated heterocycles. The molecule has 0 saturated carbocycles. The maximum Gasteiger partial charge on any atom is 0.301 e. The van der Waals surface area contributed by atoms with Crippen molar-refractivity contribution in [3.05, 3.63) is 62.2 Å². The number of hydrazone groups is 1. The van der Waals surface area contributed by atoms with E-state index in [1.165, 1.54) is 23.2 Å². The van der Waals surface area contributed by atoms with Gasteiger partial charge in [-0.05, 0) is 18.2 Å². The molecule has 1 amide bonds. The van der Waals surface area contributed by atoms with Crippen molar-refractivity contribution in [2.75, 3.05) is 19.5 Å². The van der Waals surface area contributed by atoms with Crippen molar-refractivity contribution in [1.29, 1.82) is 0 Å². The number of benzene rings is 2. The Morgan fingerprint density at radius 1 is 1.07 bits per heavy atom. The Kier molecular flexibility index (Phi) is 7.84. The van der Waals surface area contributed by atoms with E-state index >= 15 is 0 Å². The van der Waals surface area contributed by atoms with Crippen molar-refractivity contribution in [2.24, 2.45) is 5.10 Å². The first kappa shape index (κ1) is 21.8. The van der Waals surface area contributed by atoms with Gasteiger partial charge in [0.1, 0.15) is 17.2 Å². The summed E-state index contributed by atoms with van der Waals surface area (Å²) in [7, 11) is 3.38. The average Bonchev–Trinajstić information content (AvgIpc) is 2.63. The fraction of sp³-hybridized carbons (Fsp3) is 0.125. The highest BCUT2D eigenvalue weighted by Gasteiger charge is 2.19. The number of nitro groups is 2. The lowest BCUT2D eigenvalue weighted by molar-refractivity contribution is -0.393. The first-order valence-corrected chi connectivity index (χ1v) is 7.51. The van der Waals surface area contributed by atoms with Gasteiger partial charge in [0.05, 0.1) is 22.1 Å². The van der Waals surface area contributed by atoms with Crippen molar-refractivity contribution in [2.45, 2.75) is 0 Å². The minimum atomic E-state index is -0.775. The number of carbonyl (C=O) groups is 1. The summed E-state index contributed by atoms with van der Waals surface area (Å²) in [6.07, 6.45) is 1.93. The van der Waals surface area contributed by atoms with Gasteiger partial charge < -0.3 is 15.1 Å². The molecule has 2 aromatic carbocycles. The SMILES string of the molecule is CN(C)C=O.O=[N+]([O-])c1ccc(N/N=C/c2ccc(O)cc2O)c([N+](=O)[O-])c1. The summed E-state index contributed by atoms with van der Waals surface area (Å²) in [5, 5.41) is 44.0. The van der Waals surface area contributed by atoms with E-state index in [0.29, 0.717) is 0 Å². The first-order chi connectivity index (χ1) is 13.1. The van der Waals surface area contributed by atoms with Crippen LogP contribution in [0.2, 0.25) is 0 Å². The molecule has 0 atom stereocenters. The number of nitrogens with one attached hydrogen (secondary N) is 1. The summed E-state index contributed by atoms with van der Waals surface area (Å²) in [5.74, 6) is -0.354. The van der Waals surface area contributed by atoms with Gasteiger partial charge in [-0.2, -0.15) is 5.10 Å². The number of hydrogen-bond acceptors (Lipinski definition) is 9. The third kappa shape index (κ3) is 6.59. The molecule has 12 nitrogen and oxygen atoms in total. The molecule has 0 radical (unpaired) electrons. The Labute approximate surface area is 158 Å². The third-order valence-electron chi connectivity index (χ3n) is 3.00. The lowest BCUT2D eigenvalue weighted by Crippen LogP contribution is -2.06. The van der Waals surface area contributed by atoms with Crippen LogP contribution >= 0.6 is 0 Å². The van der Waals surface area contributed by atoms with Crippen LogP contribution in [0.1, 0.15) is 5.56 Å². The quantitative estimate of drug-likeness (QED) is 0.290. The molecule has 0 fully saturated rings. The zero-order chi connectivity index (χ0) is 21.3. The maximum absolute atomic E-state index is 10.9. The minimum Gasteiger partial charge on any atom is -0.508 e. The predicted octanol–water partition coefficient (Wildman–Crippen LogP) is 2.06. The van der Waals surface area contributed by atoms with E-state index in [4.69, 9.17) is 5.11 Å². The Morgan fingerprint density at radius 2 is 1.71 bits per heavy atom. The molecule has 28 heavy (non-hydrogen) atoms.